The van der Waals surface area contributed by atoms with Crippen LogP contribution >= 0.6 is 11.8 Å². The number of benzene rings is 1. The molecule has 16 heavy (non-hydrogen) atoms. The van der Waals surface area contributed by atoms with Crippen molar-refractivity contribution >= 4 is 11.8 Å². The molecule has 1 unspecified atom stereocenters. The van der Waals surface area contributed by atoms with Gasteiger partial charge >= 0.3 is 0 Å². The number of nitrogens with two attached hydrogens (primary N) is 1. The molecule has 0 radical (unpaired) electrons. The van der Waals surface area contributed by atoms with Crippen LogP contribution in [0.2, 0.25) is 0 Å². The fourth-order valence-electron chi connectivity index (χ4n) is 1.38. The first kappa shape index (κ1) is 13.5. The summed E-state index contributed by atoms with van der Waals surface area (Å²) in [7, 11) is 0. The van der Waals surface area contributed by atoms with Crippen LogP contribution in [0.3, 0.4) is 0 Å². The largest absolute Gasteiger partial charge is 0.395 e. The van der Waals surface area contributed by atoms with Crippen molar-refractivity contribution in [3.8, 4) is 0 Å². The summed E-state index contributed by atoms with van der Waals surface area (Å²) >= 11 is 1.52. The first-order chi connectivity index (χ1) is 7.45. The lowest BCUT2D eigenvalue weighted by Crippen LogP contribution is -2.10. The summed E-state index contributed by atoms with van der Waals surface area (Å²) in [5.74, 6) is -0.228. The zero-order chi connectivity index (χ0) is 12.3. The lowest BCUT2D eigenvalue weighted by Gasteiger charge is -2.16. The van der Waals surface area contributed by atoms with E-state index >= 15 is 0 Å². The van der Waals surface area contributed by atoms with Gasteiger partial charge in [0.25, 0.3) is 0 Å². The first-order valence-electron chi connectivity index (χ1n) is 5.28. The van der Waals surface area contributed by atoms with Crippen LogP contribution < -0.4 is 5.73 Å². The van der Waals surface area contributed by atoms with E-state index in [1.807, 2.05) is 13.8 Å². The molecule has 2 nitrogen and oxygen atoms in total. The number of aryl methyl sites for hydroxylation is 1. The van der Waals surface area contributed by atoms with Crippen molar-refractivity contribution in [2.45, 2.75) is 37.0 Å². The van der Waals surface area contributed by atoms with Gasteiger partial charge in [0.05, 0.1) is 6.61 Å². The van der Waals surface area contributed by atoms with Crippen LogP contribution in [0.15, 0.2) is 17.0 Å². The Morgan fingerprint density at radius 1 is 1.44 bits per heavy atom. The lowest BCUT2D eigenvalue weighted by molar-refractivity contribution is 0.300. The summed E-state index contributed by atoms with van der Waals surface area (Å²) in [6, 6.07) is 3.08. The van der Waals surface area contributed by atoms with E-state index < -0.39 is 0 Å². The smallest absolute Gasteiger partial charge is 0.126 e. The molecular formula is C12H18FNOS. The van der Waals surface area contributed by atoms with Gasteiger partial charge in [-0.1, -0.05) is 6.92 Å². The topological polar surface area (TPSA) is 46.2 Å². The van der Waals surface area contributed by atoms with Gasteiger partial charge < -0.3 is 10.8 Å². The van der Waals surface area contributed by atoms with Crippen LogP contribution in [0.1, 0.15) is 31.0 Å². The van der Waals surface area contributed by atoms with Crippen LogP contribution in [-0.2, 0) is 0 Å². The Morgan fingerprint density at radius 3 is 2.56 bits per heavy atom. The van der Waals surface area contributed by atoms with Crippen LogP contribution in [-0.4, -0.2) is 17.0 Å². The summed E-state index contributed by atoms with van der Waals surface area (Å²) < 4.78 is 13.4. The summed E-state index contributed by atoms with van der Waals surface area (Å²) in [6.45, 7) is 5.58. The molecule has 0 fully saturated rings. The van der Waals surface area contributed by atoms with Crippen LogP contribution in [0.4, 0.5) is 4.39 Å². The minimum atomic E-state index is -0.228. The second-order valence-electron chi connectivity index (χ2n) is 4.04. The van der Waals surface area contributed by atoms with Crippen molar-refractivity contribution in [3.05, 3.63) is 29.1 Å². The summed E-state index contributed by atoms with van der Waals surface area (Å²) in [5, 5.41) is 9.11. The third kappa shape index (κ3) is 3.20. The molecule has 0 amide bonds. The van der Waals surface area contributed by atoms with Gasteiger partial charge in [-0.05, 0) is 37.1 Å². The molecule has 1 rings (SSSR count). The normalized spacial score (nSPS) is 14.9. The van der Waals surface area contributed by atoms with Gasteiger partial charge in [-0.25, -0.2) is 4.39 Å². The Balaban J connectivity index is 3.09. The van der Waals surface area contributed by atoms with E-state index in [4.69, 9.17) is 10.8 Å². The molecule has 90 valence electrons. The van der Waals surface area contributed by atoms with Crippen molar-refractivity contribution in [2.75, 3.05) is 6.61 Å². The molecule has 0 aliphatic rings. The van der Waals surface area contributed by atoms with Gasteiger partial charge in [0.2, 0.25) is 0 Å². The van der Waals surface area contributed by atoms with Crippen molar-refractivity contribution in [3.63, 3.8) is 0 Å². The van der Waals surface area contributed by atoms with Crippen molar-refractivity contribution < 1.29 is 9.50 Å². The molecule has 1 aromatic rings. The summed E-state index contributed by atoms with van der Waals surface area (Å²) in [4.78, 5) is 0.954. The highest BCUT2D eigenvalue weighted by Crippen LogP contribution is 2.31. The Hall–Kier alpha value is -0.580. The van der Waals surface area contributed by atoms with Crippen molar-refractivity contribution in [2.24, 2.45) is 5.73 Å². The maximum absolute atomic E-state index is 13.4. The monoisotopic (exact) mass is 243 g/mol. The summed E-state index contributed by atoms with van der Waals surface area (Å²) in [5.41, 5.74) is 7.22. The van der Waals surface area contributed by atoms with Crippen molar-refractivity contribution in [1.82, 2.24) is 0 Å². The van der Waals surface area contributed by atoms with E-state index in [1.54, 1.807) is 13.0 Å². The summed E-state index contributed by atoms with van der Waals surface area (Å²) in [6.07, 6.45) is 0. The Bertz CT molecular complexity index is 368. The quantitative estimate of drug-likeness (QED) is 0.799. The minimum Gasteiger partial charge on any atom is -0.395 e. The minimum absolute atomic E-state index is 0.0855. The van der Waals surface area contributed by atoms with E-state index in [-0.39, 0.29) is 23.7 Å². The highest BCUT2D eigenvalue weighted by Gasteiger charge is 2.13. The number of rotatable bonds is 4. The molecule has 0 saturated heterocycles. The standard InChI is InChI=1S/C12H18FNOS/c1-7-4-12(16-8(2)6-15)10(9(3)14)5-11(7)13/h4-5,8-9,15H,6,14H2,1-3H3/t8?,9-/m0/s1. The maximum atomic E-state index is 13.4. The molecule has 2 atom stereocenters. The molecule has 0 aromatic heterocycles. The number of halogens is 1. The van der Waals surface area contributed by atoms with Crippen LogP contribution in [0.5, 0.6) is 0 Å². The molecule has 0 aliphatic heterocycles. The average molecular weight is 243 g/mol. The van der Waals surface area contributed by atoms with Gasteiger partial charge in [-0.15, -0.1) is 11.8 Å². The zero-order valence-electron chi connectivity index (χ0n) is 9.83. The highest BCUT2D eigenvalue weighted by molar-refractivity contribution is 8.00. The van der Waals surface area contributed by atoms with E-state index in [2.05, 4.69) is 0 Å². The highest BCUT2D eigenvalue weighted by atomic mass is 32.2. The molecular weight excluding hydrogens is 225 g/mol. The number of aliphatic hydroxyl groups is 1. The third-order valence-electron chi connectivity index (χ3n) is 2.37. The van der Waals surface area contributed by atoms with Gasteiger partial charge in [0.15, 0.2) is 0 Å². The van der Waals surface area contributed by atoms with E-state index in [1.165, 1.54) is 17.8 Å². The number of hydrogen-bond donors (Lipinski definition) is 2. The van der Waals surface area contributed by atoms with Gasteiger partial charge in [0.1, 0.15) is 5.82 Å². The first-order valence-corrected chi connectivity index (χ1v) is 6.16. The molecule has 0 heterocycles. The SMILES string of the molecule is Cc1cc(SC(C)CO)c([C@H](C)N)cc1F. The molecule has 0 spiro atoms. The average Bonchev–Trinajstić information content (AvgIpc) is 2.22. The fourth-order valence-corrected chi connectivity index (χ4v) is 2.52. The van der Waals surface area contributed by atoms with Gasteiger partial charge in [-0.3, -0.25) is 0 Å². The number of hydrogen-bond acceptors (Lipinski definition) is 3. The lowest BCUT2D eigenvalue weighted by atomic mass is 10.1. The van der Waals surface area contributed by atoms with Gasteiger partial charge in [0, 0.05) is 16.2 Å². The molecule has 3 N–H and O–H groups in total. The molecule has 0 aliphatic carbocycles. The predicted molar refractivity (Wildman–Crippen MR) is 66.1 cm³/mol. The Labute approximate surface area is 100 Å². The molecule has 4 heteroatoms. The maximum Gasteiger partial charge on any atom is 0.126 e. The molecule has 0 bridgehead atoms. The second-order valence-corrected chi connectivity index (χ2v) is 5.52. The van der Waals surface area contributed by atoms with Crippen LogP contribution in [0.25, 0.3) is 0 Å². The van der Waals surface area contributed by atoms with E-state index in [9.17, 15) is 4.39 Å². The number of aliphatic hydroxyl groups excluding tert-OH is 1. The fraction of sp³-hybridized carbons (Fsp3) is 0.500. The van der Waals surface area contributed by atoms with Crippen molar-refractivity contribution in [1.29, 1.82) is 0 Å². The van der Waals surface area contributed by atoms with E-state index in [0.717, 1.165) is 10.5 Å². The third-order valence-corrected chi connectivity index (χ3v) is 3.53. The predicted octanol–water partition coefficient (Wildman–Crippen LogP) is 2.63. The molecule has 0 saturated carbocycles. The van der Waals surface area contributed by atoms with E-state index in [0.29, 0.717) is 5.56 Å². The second kappa shape index (κ2) is 5.66. The molecule has 1 aromatic carbocycles. The zero-order valence-corrected chi connectivity index (χ0v) is 10.6. The van der Waals surface area contributed by atoms with Gasteiger partial charge in [-0.2, -0.15) is 0 Å². The van der Waals surface area contributed by atoms with Crippen LogP contribution in [0, 0.1) is 12.7 Å². The Morgan fingerprint density at radius 2 is 2.06 bits per heavy atom. The number of thioether (sulfide) groups is 1. The Kier molecular flexibility index (Phi) is 4.77.